The van der Waals surface area contributed by atoms with E-state index in [4.69, 9.17) is 10.5 Å². The molecule has 0 aliphatic carbocycles. The molecule has 2 N–H and O–H groups in total. The lowest BCUT2D eigenvalue weighted by Crippen LogP contribution is -2.12. The largest absolute Gasteiger partial charge is 0.476 e. The first-order valence-electron chi connectivity index (χ1n) is 6.45. The quantitative estimate of drug-likeness (QED) is 0.754. The lowest BCUT2D eigenvalue weighted by atomic mass is 10.0. The van der Waals surface area contributed by atoms with Crippen LogP contribution in [0.5, 0.6) is 5.88 Å². The Hall–Kier alpha value is -1.16. The molecule has 0 aromatic carbocycles. The molecule has 0 bridgehead atoms. The van der Waals surface area contributed by atoms with Crippen LogP contribution in [0.2, 0.25) is 0 Å². The summed E-state index contributed by atoms with van der Waals surface area (Å²) in [6, 6.07) is 3.69. The lowest BCUT2D eigenvalue weighted by molar-refractivity contribution is 0.223. The molecule has 1 aromatic heterocycles. The van der Waals surface area contributed by atoms with Crippen LogP contribution in [0, 0.1) is 5.92 Å². The fourth-order valence-corrected chi connectivity index (χ4v) is 1.63. The van der Waals surface area contributed by atoms with Crippen molar-refractivity contribution < 1.29 is 4.74 Å². The first-order valence-corrected chi connectivity index (χ1v) is 6.45. The summed E-state index contributed by atoms with van der Waals surface area (Å²) in [5.74, 6) is 1.21. The summed E-state index contributed by atoms with van der Waals surface area (Å²) in [7, 11) is 0. The van der Waals surface area contributed by atoms with Gasteiger partial charge >= 0.3 is 0 Å². The van der Waals surface area contributed by atoms with Crippen molar-refractivity contribution in [3.63, 3.8) is 0 Å². The van der Waals surface area contributed by atoms with Crippen molar-refractivity contribution in [1.82, 2.24) is 10.2 Å². The number of rotatable bonds is 8. The number of ether oxygens (including phenoxy) is 1. The van der Waals surface area contributed by atoms with Crippen molar-refractivity contribution in [1.29, 1.82) is 0 Å². The summed E-state index contributed by atoms with van der Waals surface area (Å²) in [6.07, 6.45) is 4.87. The van der Waals surface area contributed by atoms with E-state index in [2.05, 4.69) is 24.0 Å². The van der Waals surface area contributed by atoms with E-state index < -0.39 is 0 Å². The minimum atomic E-state index is 0.418. The maximum Gasteiger partial charge on any atom is 0.233 e. The summed E-state index contributed by atoms with van der Waals surface area (Å²) in [4.78, 5) is 0. The number of nitrogens with two attached hydrogens (primary N) is 1. The number of aromatic nitrogens is 2. The second-order valence-corrected chi connectivity index (χ2v) is 4.29. The molecule has 4 heteroatoms. The van der Waals surface area contributed by atoms with Crippen LogP contribution in [0.25, 0.3) is 0 Å². The monoisotopic (exact) mass is 237 g/mol. The Labute approximate surface area is 104 Å². The second-order valence-electron chi connectivity index (χ2n) is 4.29. The molecular weight excluding hydrogens is 214 g/mol. The third-order valence-electron chi connectivity index (χ3n) is 2.91. The standard InChI is InChI=1S/C13H23N3O/c1-3-5-6-11(4-2)10-17-13-8-7-12(9-14)15-16-13/h7-8,11H,3-6,9-10,14H2,1-2H3. The molecule has 0 saturated carbocycles. The van der Waals surface area contributed by atoms with Crippen LogP contribution in [0.4, 0.5) is 0 Å². The summed E-state index contributed by atoms with van der Waals surface area (Å²) < 4.78 is 5.64. The van der Waals surface area contributed by atoms with E-state index in [1.54, 1.807) is 0 Å². The van der Waals surface area contributed by atoms with Gasteiger partial charge in [0, 0.05) is 12.6 Å². The Balaban J connectivity index is 2.36. The SMILES string of the molecule is CCCCC(CC)COc1ccc(CN)nn1. The molecule has 4 nitrogen and oxygen atoms in total. The fourth-order valence-electron chi connectivity index (χ4n) is 1.63. The molecule has 0 radical (unpaired) electrons. The average Bonchev–Trinajstić information content (AvgIpc) is 2.39. The maximum atomic E-state index is 5.64. The van der Waals surface area contributed by atoms with Gasteiger partial charge in [0.1, 0.15) is 0 Å². The molecule has 1 aromatic rings. The molecule has 0 amide bonds. The molecule has 96 valence electrons. The molecule has 1 atom stereocenters. The zero-order valence-electron chi connectivity index (χ0n) is 10.9. The summed E-state index contributed by atoms with van der Waals surface area (Å²) in [5, 5.41) is 7.95. The number of nitrogens with zero attached hydrogens (tertiary/aromatic N) is 2. The molecule has 0 aliphatic heterocycles. The van der Waals surface area contributed by atoms with Gasteiger partial charge in [0.25, 0.3) is 0 Å². The highest BCUT2D eigenvalue weighted by Gasteiger charge is 2.07. The van der Waals surface area contributed by atoms with Crippen LogP contribution in [0.15, 0.2) is 12.1 Å². The van der Waals surface area contributed by atoms with E-state index in [9.17, 15) is 0 Å². The lowest BCUT2D eigenvalue weighted by Gasteiger charge is -2.14. The van der Waals surface area contributed by atoms with Gasteiger partial charge in [0.2, 0.25) is 5.88 Å². The molecular formula is C13H23N3O. The molecule has 1 heterocycles. The Bertz CT molecular complexity index is 300. The van der Waals surface area contributed by atoms with E-state index in [1.165, 1.54) is 19.3 Å². The van der Waals surface area contributed by atoms with Gasteiger partial charge in [-0.1, -0.05) is 33.1 Å². The topological polar surface area (TPSA) is 61.0 Å². The Morgan fingerprint density at radius 1 is 1.29 bits per heavy atom. The predicted molar refractivity (Wildman–Crippen MR) is 68.7 cm³/mol. The van der Waals surface area contributed by atoms with Gasteiger partial charge < -0.3 is 10.5 Å². The Kier molecular flexibility index (Phi) is 6.55. The van der Waals surface area contributed by atoms with E-state index in [0.29, 0.717) is 18.3 Å². The van der Waals surface area contributed by atoms with Gasteiger partial charge in [-0.3, -0.25) is 0 Å². The van der Waals surface area contributed by atoms with Gasteiger partial charge in [0.15, 0.2) is 0 Å². The van der Waals surface area contributed by atoms with Crippen LogP contribution in [-0.2, 0) is 6.54 Å². The highest BCUT2D eigenvalue weighted by atomic mass is 16.5. The molecule has 0 aliphatic rings. The van der Waals surface area contributed by atoms with Gasteiger partial charge in [-0.05, 0) is 18.4 Å². The van der Waals surface area contributed by atoms with E-state index in [-0.39, 0.29) is 0 Å². The van der Waals surface area contributed by atoms with Crippen molar-refractivity contribution in [3.05, 3.63) is 17.8 Å². The molecule has 17 heavy (non-hydrogen) atoms. The highest BCUT2D eigenvalue weighted by molar-refractivity contribution is 5.11. The van der Waals surface area contributed by atoms with Crippen molar-refractivity contribution in [2.24, 2.45) is 11.7 Å². The molecule has 0 spiro atoms. The summed E-state index contributed by atoms with van der Waals surface area (Å²) >= 11 is 0. The van der Waals surface area contributed by atoms with Gasteiger partial charge in [-0.15, -0.1) is 5.10 Å². The van der Waals surface area contributed by atoms with E-state index in [1.807, 2.05) is 12.1 Å². The zero-order valence-corrected chi connectivity index (χ0v) is 10.9. The van der Waals surface area contributed by atoms with Crippen molar-refractivity contribution in [2.75, 3.05) is 6.61 Å². The summed E-state index contributed by atoms with van der Waals surface area (Å²) in [5.41, 5.74) is 6.24. The van der Waals surface area contributed by atoms with Crippen LogP contribution in [-0.4, -0.2) is 16.8 Å². The van der Waals surface area contributed by atoms with Crippen molar-refractivity contribution in [2.45, 2.75) is 46.1 Å². The molecule has 0 saturated heterocycles. The third-order valence-corrected chi connectivity index (χ3v) is 2.91. The highest BCUT2D eigenvalue weighted by Crippen LogP contribution is 2.14. The average molecular weight is 237 g/mol. The first-order chi connectivity index (χ1) is 8.30. The second kappa shape index (κ2) is 8.01. The first kappa shape index (κ1) is 13.9. The molecule has 0 fully saturated rings. The maximum absolute atomic E-state index is 5.64. The van der Waals surface area contributed by atoms with Crippen LogP contribution < -0.4 is 10.5 Å². The van der Waals surface area contributed by atoms with Gasteiger partial charge in [-0.25, -0.2) is 0 Å². The van der Waals surface area contributed by atoms with Gasteiger partial charge in [0.05, 0.1) is 12.3 Å². The van der Waals surface area contributed by atoms with Crippen LogP contribution in [0.1, 0.15) is 45.2 Å². The van der Waals surface area contributed by atoms with Crippen molar-refractivity contribution in [3.8, 4) is 5.88 Å². The third kappa shape index (κ3) is 5.13. The zero-order chi connectivity index (χ0) is 12.5. The smallest absolute Gasteiger partial charge is 0.233 e. The van der Waals surface area contributed by atoms with Gasteiger partial charge in [-0.2, -0.15) is 5.10 Å². The number of hydrogen-bond acceptors (Lipinski definition) is 4. The number of unbranched alkanes of at least 4 members (excludes halogenated alkanes) is 1. The van der Waals surface area contributed by atoms with Crippen LogP contribution in [0.3, 0.4) is 0 Å². The Morgan fingerprint density at radius 3 is 2.65 bits per heavy atom. The van der Waals surface area contributed by atoms with E-state index in [0.717, 1.165) is 18.7 Å². The molecule has 1 rings (SSSR count). The minimum Gasteiger partial charge on any atom is -0.476 e. The van der Waals surface area contributed by atoms with E-state index >= 15 is 0 Å². The fraction of sp³-hybridized carbons (Fsp3) is 0.692. The summed E-state index contributed by atoms with van der Waals surface area (Å²) in [6.45, 7) is 5.56. The van der Waals surface area contributed by atoms with Crippen molar-refractivity contribution >= 4 is 0 Å². The molecule has 1 unspecified atom stereocenters. The normalized spacial score (nSPS) is 12.4. The van der Waals surface area contributed by atoms with Crippen LogP contribution >= 0.6 is 0 Å². The predicted octanol–water partition coefficient (Wildman–Crippen LogP) is 2.53. The minimum absolute atomic E-state index is 0.418. The Morgan fingerprint density at radius 2 is 2.12 bits per heavy atom. The number of hydrogen-bond donors (Lipinski definition) is 1.